The van der Waals surface area contributed by atoms with Gasteiger partial charge in [0.25, 0.3) is 0 Å². The monoisotopic (exact) mass is 228 g/mol. The van der Waals surface area contributed by atoms with E-state index in [9.17, 15) is 9.59 Å². The molecular formula is C12H10N3O2+. The Bertz CT molecular complexity index is 602. The Kier molecular flexibility index (Phi) is 1.95. The van der Waals surface area contributed by atoms with Crippen LogP contribution in [0.5, 0.6) is 0 Å². The molecule has 0 spiro atoms. The molecule has 1 amide bonds. The predicted octanol–water partition coefficient (Wildman–Crippen LogP) is 0.224. The van der Waals surface area contributed by atoms with Crippen molar-refractivity contribution in [3.05, 3.63) is 29.3 Å². The fraction of sp³-hybridized carbons (Fsp3) is 0.167. The second kappa shape index (κ2) is 3.35. The van der Waals surface area contributed by atoms with E-state index in [0.29, 0.717) is 16.8 Å². The van der Waals surface area contributed by atoms with Gasteiger partial charge in [-0.2, -0.15) is 0 Å². The van der Waals surface area contributed by atoms with Crippen molar-refractivity contribution < 1.29 is 14.2 Å². The first-order valence-corrected chi connectivity index (χ1v) is 5.29. The third kappa shape index (κ3) is 1.32. The maximum absolute atomic E-state index is 12.1. The van der Waals surface area contributed by atoms with Crippen molar-refractivity contribution in [2.24, 2.45) is 4.99 Å². The molecule has 1 aromatic rings. The number of anilines is 1. The van der Waals surface area contributed by atoms with E-state index in [1.807, 2.05) is 0 Å². The van der Waals surface area contributed by atoms with Crippen molar-refractivity contribution >= 4 is 29.8 Å². The maximum atomic E-state index is 12.1. The van der Waals surface area contributed by atoms with Gasteiger partial charge in [-0.15, -0.1) is 4.58 Å². The molecule has 0 saturated carbocycles. The molecule has 0 bridgehead atoms. The first-order chi connectivity index (χ1) is 8.18. The van der Waals surface area contributed by atoms with E-state index in [4.69, 9.17) is 5.73 Å². The molecule has 0 fully saturated rings. The standard InChI is InChI=1S/C12H9N3O2/c13-9-3-1-2-7-8(9)6-15(12(7)17)11-10(16)4-5-14-11/h1-3,5-6,11,13H,4H2/p+1. The largest absolute Gasteiger partial charge is 0.422 e. The zero-order chi connectivity index (χ0) is 12.0. The number of nitrogen functional groups attached to an aromatic ring is 1. The quantitative estimate of drug-likeness (QED) is 0.552. The highest BCUT2D eigenvalue weighted by Gasteiger charge is 2.41. The number of aliphatic imine (C=N–C) groups is 1. The lowest BCUT2D eigenvalue weighted by Gasteiger charge is -1.99. The molecule has 1 atom stereocenters. The Balaban J connectivity index is 2.09. The molecule has 0 radical (unpaired) electrons. The Morgan fingerprint density at radius 2 is 2.18 bits per heavy atom. The summed E-state index contributed by atoms with van der Waals surface area (Å²) in [6.07, 6.45) is 2.72. The molecular weight excluding hydrogens is 218 g/mol. The number of hydrogen-bond donors (Lipinski definition) is 1. The van der Waals surface area contributed by atoms with Crippen LogP contribution < -0.4 is 5.73 Å². The minimum atomic E-state index is -0.714. The van der Waals surface area contributed by atoms with E-state index < -0.39 is 6.17 Å². The van der Waals surface area contributed by atoms with Crippen LogP contribution in [0.1, 0.15) is 22.3 Å². The van der Waals surface area contributed by atoms with Crippen LogP contribution in [0.2, 0.25) is 0 Å². The number of rotatable bonds is 1. The van der Waals surface area contributed by atoms with E-state index >= 15 is 0 Å². The van der Waals surface area contributed by atoms with Crippen molar-refractivity contribution in [3.8, 4) is 0 Å². The maximum Gasteiger partial charge on any atom is 0.422 e. The van der Waals surface area contributed by atoms with Gasteiger partial charge < -0.3 is 5.73 Å². The average molecular weight is 228 g/mol. The third-order valence-electron chi connectivity index (χ3n) is 2.96. The van der Waals surface area contributed by atoms with Crippen LogP contribution in [0.3, 0.4) is 0 Å². The van der Waals surface area contributed by atoms with Crippen molar-refractivity contribution in [2.75, 3.05) is 5.73 Å². The summed E-state index contributed by atoms with van der Waals surface area (Å²) in [4.78, 5) is 27.7. The van der Waals surface area contributed by atoms with E-state index in [0.717, 1.165) is 0 Å². The van der Waals surface area contributed by atoms with Gasteiger partial charge in [0.1, 0.15) is 5.56 Å². The minimum Gasteiger partial charge on any atom is -0.398 e. The molecule has 17 heavy (non-hydrogen) atoms. The molecule has 2 N–H and O–H groups in total. The summed E-state index contributed by atoms with van der Waals surface area (Å²) in [7, 11) is 0. The second-order valence-electron chi connectivity index (χ2n) is 4.03. The number of carbonyl (C=O) groups excluding carboxylic acids is 2. The van der Waals surface area contributed by atoms with Gasteiger partial charge in [-0.1, -0.05) is 6.07 Å². The number of carbonyl (C=O) groups is 2. The fourth-order valence-electron chi connectivity index (χ4n) is 2.09. The smallest absolute Gasteiger partial charge is 0.398 e. The number of amides is 1. The van der Waals surface area contributed by atoms with Crippen LogP contribution in [-0.4, -0.2) is 34.9 Å². The zero-order valence-corrected chi connectivity index (χ0v) is 8.96. The van der Waals surface area contributed by atoms with Crippen molar-refractivity contribution in [2.45, 2.75) is 12.6 Å². The zero-order valence-electron chi connectivity index (χ0n) is 8.96. The lowest BCUT2D eigenvalue weighted by atomic mass is 10.1. The highest BCUT2D eigenvalue weighted by Crippen LogP contribution is 2.22. The molecule has 0 aromatic heterocycles. The van der Waals surface area contributed by atoms with Crippen LogP contribution in [-0.2, 0) is 4.79 Å². The number of benzene rings is 1. The summed E-state index contributed by atoms with van der Waals surface area (Å²) in [5.41, 5.74) is 7.53. The molecule has 5 heteroatoms. The van der Waals surface area contributed by atoms with Crippen LogP contribution in [0.4, 0.5) is 5.69 Å². The van der Waals surface area contributed by atoms with E-state index in [1.165, 1.54) is 4.58 Å². The Labute approximate surface area is 97.3 Å². The van der Waals surface area contributed by atoms with Gasteiger partial charge >= 0.3 is 12.1 Å². The SMILES string of the molecule is Nc1cccc2c1C=[N+](C1N=CCC1=O)C2=O. The topological polar surface area (TPSA) is 75.5 Å². The van der Waals surface area contributed by atoms with E-state index in [1.54, 1.807) is 30.6 Å². The minimum absolute atomic E-state index is 0.0685. The van der Waals surface area contributed by atoms with Gasteiger partial charge in [0.2, 0.25) is 5.78 Å². The normalized spacial score (nSPS) is 21.9. The Morgan fingerprint density at radius 3 is 2.82 bits per heavy atom. The van der Waals surface area contributed by atoms with Crippen molar-refractivity contribution in [1.82, 2.24) is 0 Å². The number of nitrogens with two attached hydrogens (primary N) is 1. The van der Waals surface area contributed by atoms with Gasteiger partial charge in [0, 0.05) is 11.9 Å². The van der Waals surface area contributed by atoms with E-state index in [2.05, 4.69) is 4.99 Å². The van der Waals surface area contributed by atoms with Gasteiger partial charge in [-0.25, -0.2) is 9.79 Å². The van der Waals surface area contributed by atoms with Gasteiger partial charge in [-0.3, -0.25) is 4.79 Å². The summed E-state index contributed by atoms with van der Waals surface area (Å²) in [5, 5.41) is 0. The molecule has 0 aliphatic carbocycles. The number of Topliss-reactive ketones (excluding diaryl/α,β-unsaturated/α-hetero) is 1. The first-order valence-electron chi connectivity index (χ1n) is 5.29. The van der Waals surface area contributed by atoms with Crippen LogP contribution in [0, 0.1) is 0 Å². The number of nitrogens with zero attached hydrogens (tertiary/aromatic N) is 2. The van der Waals surface area contributed by atoms with Gasteiger partial charge in [0.15, 0.2) is 6.21 Å². The molecule has 0 saturated heterocycles. The molecule has 5 nitrogen and oxygen atoms in total. The van der Waals surface area contributed by atoms with Crippen molar-refractivity contribution in [3.63, 3.8) is 0 Å². The van der Waals surface area contributed by atoms with Gasteiger partial charge in [0.05, 0.1) is 12.0 Å². The summed E-state index contributed by atoms with van der Waals surface area (Å²) in [5.74, 6) is -0.286. The Hall–Kier alpha value is -2.30. The lowest BCUT2D eigenvalue weighted by Crippen LogP contribution is -2.32. The molecule has 1 aromatic carbocycles. The second-order valence-corrected chi connectivity index (χ2v) is 4.03. The molecule has 84 valence electrons. The first kappa shape index (κ1) is 9.89. The van der Waals surface area contributed by atoms with Crippen molar-refractivity contribution in [1.29, 1.82) is 0 Å². The summed E-state index contributed by atoms with van der Waals surface area (Å²) < 4.78 is 1.35. The highest BCUT2D eigenvalue weighted by atomic mass is 16.2. The average Bonchev–Trinajstić information content (AvgIpc) is 2.85. The molecule has 3 rings (SSSR count). The highest BCUT2D eigenvalue weighted by molar-refractivity contribution is 6.09. The molecule has 2 heterocycles. The number of hydrogen-bond acceptors (Lipinski definition) is 4. The van der Waals surface area contributed by atoms with Gasteiger partial charge in [-0.05, 0) is 12.1 Å². The molecule has 2 aliphatic rings. The Morgan fingerprint density at radius 1 is 1.35 bits per heavy atom. The van der Waals surface area contributed by atoms with Crippen LogP contribution >= 0.6 is 0 Å². The van der Waals surface area contributed by atoms with Crippen LogP contribution in [0.25, 0.3) is 0 Å². The lowest BCUT2D eigenvalue weighted by molar-refractivity contribution is -0.446. The number of fused-ring (bicyclic) bond motifs is 1. The molecule has 2 aliphatic heterocycles. The van der Waals surface area contributed by atoms with Crippen LogP contribution in [0.15, 0.2) is 23.2 Å². The predicted molar refractivity (Wildman–Crippen MR) is 62.5 cm³/mol. The fourth-order valence-corrected chi connectivity index (χ4v) is 2.09. The summed E-state index contributed by atoms with van der Waals surface area (Å²) in [6, 6.07) is 5.16. The molecule has 1 unspecified atom stereocenters. The summed E-state index contributed by atoms with van der Waals surface area (Å²) >= 11 is 0. The number of ketones is 1. The summed E-state index contributed by atoms with van der Waals surface area (Å²) in [6.45, 7) is 0. The third-order valence-corrected chi connectivity index (χ3v) is 2.96. The van der Waals surface area contributed by atoms with E-state index in [-0.39, 0.29) is 18.1 Å².